The summed E-state index contributed by atoms with van der Waals surface area (Å²) in [6, 6.07) is 5.01. The molecule has 2 rings (SSSR count). The molecule has 0 amide bonds. The topological polar surface area (TPSA) is 33.3 Å². The van der Waals surface area contributed by atoms with Crippen molar-refractivity contribution < 1.29 is 9.13 Å². The molecule has 1 aliphatic rings. The van der Waals surface area contributed by atoms with Crippen molar-refractivity contribution in [3.8, 4) is 0 Å². The molecule has 0 bridgehead atoms. The Morgan fingerprint density at radius 1 is 1.58 bits per heavy atom. The lowest BCUT2D eigenvalue weighted by Gasteiger charge is -2.27. The van der Waals surface area contributed by atoms with Gasteiger partial charge in [-0.15, -0.1) is 11.8 Å². The van der Waals surface area contributed by atoms with Crippen molar-refractivity contribution in [3.63, 3.8) is 0 Å². The van der Waals surface area contributed by atoms with Gasteiger partial charge in [-0.3, -0.25) is 0 Å². The summed E-state index contributed by atoms with van der Waals surface area (Å²) in [5.41, 5.74) is 0.993. The van der Waals surface area contributed by atoms with Gasteiger partial charge in [0.1, 0.15) is 5.82 Å². The maximum absolute atomic E-state index is 13.4. The molecule has 3 nitrogen and oxygen atoms in total. The molecule has 0 radical (unpaired) electrons. The smallest absolute Gasteiger partial charge is 0.166 e. The van der Waals surface area contributed by atoms with E-state index in [1.807, 2.05) is 6.07 Å². The van der Waals surface area contributed by atoms with E-state index >= 15 is 0 Å². The summed E-state index contributed by atoms with van der Waals surface area (Å²) < 4.78 is 18.3. The zero-order chi connectivity index (χ0) is 13.7. The first-order valence-corrected chi connectivity index (χ1v) is 7.55. The van der Waals surface area contributed by atoms with Gasteiger partial charge in [0.05, 0.1) is 12.6 Å². The second-order valence-corrected chi connectivity index (χ2v) is 5.81. The second-order valence-electron chi connectivity index (χ2n) is 4.26. The van der Waals surface area contributed by atoms with E-state index in [2.05, 4.69) is 10.6 Å². The Balaban J connectivity index is 1.99. The average molecular weight is 300 g/mol. The molecular weight excluding hydrogens is 283 g/mol. The Kier molecular flexibility index (Phi) is 5.42. The van der Waals surface area contributed by atoms with Crippen LogP contribution in [-0.4, -0.2) is 31.1 Å². The van der Waals surface area contributed by atoms with Crippen LogP contribution in [0.4, 0.5) is 4.39 Å². The molecule has 0 spiro atoms. The minimum atomic E-state index is -0.202. The Morgan fingerprint density at radius 3 is 3.21 bits per heavy atom. The molecule has 0 unspecified atom stereocenters. The van der Waals surface area contributed by atoms with E-state index in [0.29, 0.717) is 18.3 Å². The van der Waals surface area contributed by atoms with Crippen molar-refractivity contribution in [2.24, 2.45) is 0 Å². The maximum Gasteiger partial charge on any atom is 0.166 e. The molecule has 0 aromatic heterocycles. The van der Waals surface area contributed by atoms with Crippen molar-refractivity contribution in [1.82, 2.24) is 10.6 Å². The number of benzene rings is 1. The summed E-state index contributed by atoms with van der Waals surface area (Å²) in [6.45, 7) is 1.27. The fraction of sp³-hybridized carbons (Fsp3) is 0.462. The van der Waals surface area contributed by atoms with Crippen LogP contribution in [0.2, 0.25) is 0 Å². The Morgan fingerprint density at radius 2 is 2.42 bits per heavy atom. The molecule has 1 atom stereocenters. The van der Waals surface area contributed by atoms with Crippen molar-refractivity contribution in [2.45, 2.75) is 17.4 Å². The molecule has 0 aliphatic carbocycles. The third-order valence-corrected chi connectivity index (χ3v) is 4.29. The van der Waals surface area contributed by atoms with Crippen LogP contribution in [0.3, 0.4) is 0 Å². The Bertz CT molecular complexity index is 456. The SMILES string of the molecule is COCCNC(=S)N[C@H]1CCSc2ccc(F)cc21. The van der Waals surface area contributed by atoms with Crippen LogP contribution < -0.4 is 10.6 Å². The Hall–Kier alpha value is -0.850. The van der Waals surface area contributed by atoms with E-state index in [4.69, 9.17) is 17.0 Å². The van der Waals surface area contributed by atoms with Crippen molar-refractivity contribution >= 4 is 29.1 Å². The second kappa shape index (κ2) is 7.07. The number of halogens is 1. The largest absolute Gasteiger partial charge is 0.383 e. The summed E-state index contributed by atoms with van der Waals surface area (Å²) in [4.78, 5) is 1.13. The minimum Gasteiger partial charge on any atom is -0.383 e. The molecule has 0 saturated heterocycles. The van der Waals surface area contributed by atoms with Crippen LogP contribution >= 0.6 is 24.0 Å². The first-order valence-electron chi connectivity index (χ1n) is 6.16. The number of thiocarbonyl (C=S) groups is 1. The molecule has 0 saturated carbocycles. The zero-order valence-corrected chi connectivity index (χ0v) is 12.4. The molecule has 6 heteroatoms. The standard InChI is InChI=1S/C13H17FN2OS2/c1-17-6-5-15-13(18)16-11-4-7-19-12-3-2-9(14)8-10(11)12/h2-3,8,11H,4-7H2,1H3,(H2,15,16,18)/t11-/m0/s1. The van der Waals surface area contributed by atoms with Crippen LogP contribution in [0.25, 0.3) is 0 Å². The van der Waals surface area contributed by atoms with Crippen molar-refractivity contribution in [2.75, 3.05) is 26.0 Å². The first-order chi connectivity index (χ1) is 9.20. The summed E-state index contributed by atoms with van der Waals surface area (Å²) in [6.07, 6.45) is 0.938. The molecule has 1 aromatic carbocycles. The van der Waals surface area contributed by atoms with E-state index < -0.39 is 0 Å². The molecule has 1 heterocycles. The van der Waals surface area contributed by atoms with Gasteiger partial charge in [0.25, 0.3) is 0 Å². The highest BCUT2D eigenvalue weighted by atomic mass is 32.2. The number of thioether (sulfide) groups is 1. The number of ether oxygens (including phenoxy) is 1. The fourth-order valence-electron chi connectivity index (χ4n) is 1.99. The van der Waals surface area contributed by atoms with Crippen LogP contribution in [-0.2, 0) is 4.74 Å². The molecule has 2 N–H and O–H groups in total. The van der Waals surface area contributed by atoms with Gasteiger partial charge >= 0.3 is 0 Å². The van der Waals surface area contributed by atoms with E-state index in [1.165, 1.54) is 6.07 Å². The maximum atomic E-state index is 13.4. The van der Waals surface area contributed by atoms with Crippen molar-refractivity contribution in [3.05, 3.63) is 29.6 Å². The van der Waals surface area contributed by atoms with Gasteiger partial charge in [0, 0.05) is 24.3 Å². The van der Waals surface area contributed by atoms with E-state index in [9.17, 15) is 4.39 Å². The van der Waals surface area contributed by atoms with Gasteiger partial charge in [-0.1, -0.05) is 0 Å². The van der Waals surface area contributed by atoms with Gasteiger partial charge in [-0.25, -0.2) is 4.39 Å². The van der Waals surface area contributed by atoms with E-state index in [-0.39, 0.29) is 11.9 Å². The molecule has 0 fully saturated rings. The highest BCUT2D eigenvalue weighted by Crippen LogP contribution is 2.36. The van der Waals surface area contributed by atoms with Gasteiger partial charge < -0.3 is 15.4 Å². The number of hydrogen-bond acceptors (Lipinski definition) is 3. The third-order valence-electron chi connectivity index (χ3n) is 2.91. The van der Waals surface area contributed by atoms with E-state index in [0.717, 1.165) is 22.6 Å². The lowest BCUT2D eigenvalue weighted by atomic mass is 10.0. The number of fused-ring (bicyclic) bond motifs is 1. The normalized spacial score (nSPS) is 17.7. The zero-order valence-electron chi connectivity index (χ0n) is 10.7. The number of rotatable bonds is 4. The molecule has 19 heavy (non-hydrogen) atoms. The first kappa shape index (κ1) is 14.6. The summed E-state index contributed by atoms with van der Waals surface area (Å²) in [5, 5.41) is 6.90. The highest BCUT2D eigenvalue weighted by Gasteiger charge is 2.21. The summed E-state index contributed by atoms with van der Waals surface area (Å²) in [5.74, 6) is 0.808. The van der Waals surface area contributed by atoms with E-state index in [1.54, 1.807) is 24.9 Å². The summed E-state index contributed by atoms with van der Waals surface area (Å²) in [7, 11) is 1.65. The van der Waals surface area contributed by atoms with Crippen LogP contribution in [0.1, 0.15) is 18.0 Å². The van der Waals surface area contributed by atoms with Gasteiger partial charge in [0.15, 0.2) is 5.11 Å². The minimum absolute atomic E-state index is 0.0782. The highest BCUT2D eigenvalue weighted by molar-refractivity contribution is 7.99. The monoisotopic (exact) mass is 300 g/mol. The predicted molar refractivity (Wildman–Crippen MR) is 80.1 cm³/mol. The van der Waals surface area contributed by atoms with Crippen LogP contribution in [0, 0.1) is 5.82 Å². The van der Waals surface area contributed by atoms with Gasteiger partial charge in [-0.05, 0) is 42.4 Å². The molecule has 104 valence electrons. The number of hydrogen-bond donors (Lipinski definition) is 2. The molecular formula is C13H17FN2OS2. The van der Waals surface area contributed by atoms with Crippen molar-refractivity contribution in [1.29, 1.82) is 0 Å². The summed E-state index contributed by atoms with van der Waals surface area (Å²) >= 11 is 6.99. The number of methoxy groups -OCH3 is 1. The lowest BCUT2D eigenvalue weighted by molar-refractivity contribution is 0.204. The van der Waals surface area contributed by atoms with Crippen LogP contribution in [0.5, 0.6) is 0 Å². The van der Waals surface area contributed by atoms with Gasteiger partial charge in [0.2, 0.25) is 0 Å². The third kappa shape index (κ3) is 4.06. The van der Waals surface area contributed by atoms with Crippen LogP contribution in [0.15, 0.2) is 23.1 Å². The fourth-order valence-corrected chi connectivity index (χ4v) is 3.34. The lowest BCUT2D eigenvalue weighted by Crippen LogP contribution is -2.40. The predicted octanol–water partition coefficient (Wildman–Crippen LogP) is 2.47. The molecule has 1 aliphatic heterocycles. The Labute approximate surface area is 122 Å². The van der Waals surface area contributed by atoms with Gasteiger partial charge in [-0.2, -0.15) is 0 Å². The average Bonchev–Trinajstić information content (AvgIpc) is 2.40. The quantitative estimate of drug-likeness (QED) is 0.659. The number of nitrogens with one attached hydrogen (secondary N) is 2. The molecule has 1 aromatic rings.